The summed E-state index contributed by atoms with van der Waals surface area (Å²) in [6, 6.07) is 0. The molecule has 1 amide bonds. The largest absolute Gasteiger partial charge is 0.481 e. The topological polar surface area (TPSA) is 69.6 Å². The minimum Gasteiger partial charge on any atom is -0.481 e. The number of amides is 1. The average Bonchev–Trinajstić information content (AvgIpc) is 2.38. The first-order valence-electron chi connectivity index (χ1n) is 6.11. The first kappa shape index (κ1) is 16.7. The zero-order valence-electron chi connectivity index (χ0n) is 10.6. The lowest BCUT2D eigenvalue weighted by Crippen LogP contribution is -2.46. The Bertz CT molecular complexity index is 358. The summed E-state index contributed by atoms with van der Waals surface area (Å²) in [6.45, 7) is -1.30. The van der Waals surface area contributed by atoms with E-state index in [-0.39, 0.29) is 13.1 Å². The summed E-state index contributed by atoms with van der Waals surface area (Å²) in [7, 11) is 0. The molecule has 1 heterocycles. The van der Waals surface area contributed by atoms with Crippen molar-refractivity contribution in [3.8, 4) is 0 Å². The van der Waals surface area contributed by atoms with Crippen molar-refractivity contribution < 1.29 is 32.3 Å². The molecule has 0 saturated carbocycles. The number of halogens is 4. The molecule has 20 heavy (non-hydrogen) atoms. The van der Waals surface area contributed by atoms with E-state index in [4.69, 9.17) is 5.11 Å². The van der Waals surface area contributed by atoms with Gasteiger partial charge in [-0.3, -0.25) is 9.59 Å². The van der Waals surface area contributed by atoms with E-state index in [1.54, 1.807) is 0 Å². The highest BCUT2D eigenvalue weighted by atomic mass is 19.3. The maximum absolute atomic E-state index is 12.6. The smallest absolute Gasteiger partial charge is 0.319 e. The van der Waals surface area contributed by atoms with E-state index >= 15 is 0 Å². The predicted molar refractivity (Wildman–Crippen MR) is 60.8 cm³/mol. The van der Waals surface area contributed by atoms with Crippen molar-refractivity contribution in [2.24, 2.45) is 5.92 Å². The molecule has 116 valence electrons. The van der Waals surface area contributed by atoms with Crippen LogP contribution in [0.15, 0.2) is 0 Å². The Hall–Kier alpha value is -1.38. The lowest BCUT2D eigenvalue weighted by Gasteiger charge is -2.30. The summed E-state index contributed by atoms with van der Waals surface area (Å²) < 4.78 is 48.9. The first-order chi connectivity index (χ1) is 9.24. The highest BCUT2D eigenvalue weighted by molar-refractivity contribution is 5.78. The summed E-state index contributed by atoms with van der Waals surface area (Å²) in [5, 5.41) is 10.8. The van der Waals surface area contributed by atoms with Gasteiger partial charge in [-0.1, -0.05) is 0 Å². The normalized spacial score (nSPS) is 17.6. The van der Waals surface area contributed by atoms with Crippen molar-refractivity contribution in [2.75, 3.05) is 26.2 Å². The molecule has 0 bridgehead atoms. The molecule has 9 heteroatoms. The zero-order chi connectivity index (χ0) is 15.3. The van der Waals surface area contributed by atoms with E-state index in [0.717, 1.165) is 0 Å². The molecule has 0 aromatic carbocycles. The monoisotopic (exact) mass is 300 g/mol. The van der Waals surface area contributed by atoms with Gasteiger partial charge >= 0.3 is 18.3 Å². The Balaban J connectivity index is 2.29. The van der Waals surface area contributed by atoms with Crippen LogP contribution in [-0.4, -0.2) is 60.4 Å². The Morgan fingerprint density at radius 1 is 1.30 bits per heavy atom. The van der Waals surface area contributed by atoms with E-state index < -0.39 is 43.2 Å². The Morgan fingerprint density at radius 3 is 2.30 bits per heavy atom. The van der Waals surface area contributed by atoms with E-state index in [9.17, 15) is 27.2 Å². The summed E-state index contributed by atoms with van der Waals surface area (Å²) in [6.07, 6.45) is -3.18. The van der Waals surface area contributed by atoms with Crippen molar-refractivity contribution in [1.29, 1.82) is 0 Å². The van der Waals surface area contributed by atoms with Crippen molar-refractivity contribution in [3.05, 3.63) is 0 Å². The molecule has 1 saturated heterocycles. The second kappa shape index (κ2) is 6.87. The van der Waals surface area contributed by atoms with Crippen LogP contribution in [0.1, 0.15) is 12.8 Å². The van der Waals surface area contributed by atoms with Crippen LogP contribution in [0.5, 0.6) is 0 Å². The standard InChI is InChI=1S/C11H16F4N2O3/c12-10(13)11(14,15)6-16-5-8(18)17-3-1-7(2-4-17)9(19)20/h7,10,16H,1-6H2,(H,19,20). The van der Waals surface area contributed by atoms with Gasteiger partial charge in [0.25, 0.3) is 0 Å². The third-order valence-electron chi connectivity index (χ3n) is 3.15. The number of carboxylic acids is 1. The number of nitrogens with one attached hydrogen (secondary N) is 1. The van der Waals surface area contributed by atoms with Crippen LogP contribution >= 0.6 is 0 Å². The maximum atomic E-state index is 12.6. The molecular weight excluding hydrogens is 284 g/mol. The van der Waals surface area contributed by atoms with Gasteiger partial charge in [0, 0.05) is 13.1 Å². The third kappa shape index (κ3) is 4.62. The SMILES string of the molecule is O=C(O)C1CCN(C(=O)CNCC(F)(F)C(F)F)CC1. The quantitative estimate of drug-likeness (QED) is 0.712. The van der Waals surface area contributed by atoms with Crippen LogP contribution in [0.25, 0.3) is 0 Å². The van der Waals surface area contributed by atoms with Gasteiger partial charge in [-0.15, -0.1) is 0 Å². The lowest BCUT2D eigenvalue weighted by atomic mass is 9.97. The number of alkyl halides is 4. The number of carbonyl (C=O) groups excluding carboxylic acids is 1. The Kier molecular flexibility index (Phi) is 5.73. The predicted octanol–water partition coefficient (Wildman–Crippen LogP) is 0.800. The summed E-state index contributed by atoms with van der Waals surface area (Å²) >= 11 is 0. The van der Waals surface area contributed by atoms with E-state index in [1.165, 1.54) is 4.90 Å². The van der Waals surface area contributed by atoms with Gasteiger partial charge in [0.15, 0.2) is 0 Å². The van der Waals surface area contributed by atoms with Gasteiger partial charge in [0.2, 0.25) is 5.91 Å². The second-order valence-electron chi connectivity index (χ2n) is 4.66. The number of hydrogen-bond donors (Lipinski definition) is 2. The number of carbonyl (C=O) groups is 2. The summed E-state index contributed by atoms with van der Waals surface area (Å²) in [5.41, 5.74) is 0. The Morgan fingerprint density at radius 2 is 1.85 bits per heavy atom. The van der Waals surface area contributed by atoms with Crippen molar-refractivity contribution >= 4 is 11.9 Å². The van der Waals surface area contributed by atoms with Crippen molar-refractivity contribution in [1.82, 2.24) is 10.2 Å². The molecule has 2 N–H and O–H groups in total. The highest BCUT2D eigenvalue weighted by Gasteiger charge is 2.40. The molecule has 0 atom stereocenters. The molecule has 0 radical (unpaired) electrons. The minimum atomic E-state index is -4.17. The van der Waals surface area contributed by atoms with Gasteiger partial charge in [0.1, 0.15) is 0 Å². The molecule has 5 nitrogen and oxygen atoms in total. The highest BCUT2D eigenvalue weighted by Crippen LogP contribution is 2.21. The maximum Gasteiger partial charge on any atom is 0.319 e. The lowest BCUT2D eigenvalue weighted by molar-refractivity contribution is -0.145. The van der Waals surface area contributed by atoms with Crippen LogP contribution < -0.4 is 5.32 Å². The fourth-order valence-corrected chi connectivity index (χ4v) is 1.90. The first-order valence-corrected chi connectivity index (χ1v) is 6.11. The van der Waals surface area contributed by atoms with Crippen molar-refractivity contribution in [3.63, 3.8) is 0 Å². The fraction of sp³-hybridized carbons (Fsp3) is 0.818. The van der Waals surface area contributed by atoms with Crippen LogP contribution in [0.2, 0.25) is 0 Å². The van der Waals surface area contributed by atoms with Gasteiger partial charge in [-0.05, 0) is 12.8 Å². The molecule has 0 aliphatic carbocycles. The molecule has 0 unspecified atom stereocenters. The summed E-state index contributed by atoms with van der Waals surface area (Å²) in [4.78, 5) is 23.7. The van der Waals surface area contributed by atoms with Gasteiger partial charge in [-0.2, -0.15) is 8.78 Å². The molecule has 1 fully saturated rings. The zero-order valence-corrected chi connectivity index (χ0v) is 10.6. The van der Waals surface area contributed by atoms with Crippen LogP contribution in [-0.2, 0) is 9.59 Å². The number of likely N-dealkylation sites (tertiary alicyclic amines) is 1. The fourth-order valence-electron chi connectivity index (χ4n) is 1.90. The molecule has 0 aromatic rings. The number of nitrogens with zero attached hydrogens (tertiary/aromatic N) is 1. The van der Waals surface area contributed by atoms with Crippen LogP contribution in [0.3, 0.4) is 0 Å². The molecule has 1 aliphatic heterocycles. The van der Waals surface area contributed by atoms with Gasteiger partial charge in [0.05, 0.1) is 19.0 Å². The minimum absolute atomic E-state index is 0.225. The van der Waals surface area contributed by atoms with E-state index in [0.29, 0.717) is 12.8 Å². The summed E-state index contributed by atoms with van der Waals surface area (Å²) in [5.74, 6) is -6.10. The van der Waals surface area contributed by atoms with E-state index in [1.807, 2.05) is 5.32 Å². The third-order valence-corrected chi connectivity index (χ3v) is 3.15. The van der Waals surface area contributed by atoms with Gasteiger partial charge in [-0.25, -0.2) is 8.78 Å². The second-order valence-corrected chi connectivity index (χ2v) is 4.66. The van der Waals surface area contributed by atoms with Crippen molar-refractivity contribution in [2.45, 2.75) is 25.2 Å². The molecule has 0 aromatic heterocycles. The van der Waals surface area contributed by atoms with Gasteiger partial charge < -0.3 is 15.3 Å². The number of aliphatic carboxylic acids is 1. The average molecular weight is 300 g/mol. The molecular formula is C11H16F4N2O3. The molecule has 1 aliphatic rings. The van der Waals surface area contributed by atoms with Crippen LogP contribution in [0.4, 0.5) is 17.6 Å². The number of carboxylic acid groups (broad SMARTS) is 1. The number of hydrogen-bond acceptors (Lipinski definition) is 3. The number of rotatable bonds is 6. The van der Waals surface area contributed by atoms with Crippen LogP contribution in [0, 0.1) is 5.92 Å². The van der Waals surface area contributed by atoms with E-state index in [2.05, 4.69) is 0 Å². The number of piperidine rings is 1. The molecule has 1 rings (SSSR count). The Labute approximate surface area is 112 Å². The molecule has 0 spiro atoms.